The van der Waals surface area contributed by atoms with E-state index < -0.39 is 9.84 Å². The lowest BCUT2D eigenvalue weighted by atomic mass is 9.68. The zero-order valence-corrected chi connectivity index (χ0v) is 23.9. The predicted octanol–water partition coefficient (Wildman–Crippen LogP) is 3.73. The van der Waals surface area contributed by atoms with Crippen molar-refractivity contribution in [3.05, 3.63) is 54.1 Å². The fourth-order valence-corrected chi connectivity index (χ4v) is 7.15. The molecule has 1 aromatic carbocycles. The molecule has 2 aliphatic carbocycles. The molecule has 1 aliphatic heterocycles. The molecule has 210 valence electrons. The molecule has 2 aromatic rings. The Balaban J connectivity index is 1.33. The van der Waals surface area contributed by atoms with Gasteiger partial charge >= 0.3 is 6.03 Å². The molecule has 0 unspecified atom stereocenters. The molecular weight excluding hydrogens is 514 g/mol. The number of carbonyl (C=O) groups is 2. The highest BCUT2D eigenvalue weighted by Gasteiger charge is 2.55. The first-order valence-corrected chi connectivity index (χ1v) is 15.7. The number of nitrogens with one attached hydrogen (secondary N) is 1. The van der Waals surface area contributed by atoms with Gasteiger partial charge in [0, 0.05) is 24.9 Å². The third kappa shape index (κ3) is 5.41. The van der Waals surface area contributed by atoms with Crippen LogP contribution in [0.3, 0.4) is 0 Å². The number of hydrogen-bond donors (Lipinski definition) is 1. The smallest absolute Gasteiger partial charge is 0.317 e. The molecule has 1 saturated heterocycles. The molecule has 2 saturated carbocycles. The summed E-state index contributed by atoms with van der Waals surface area (Å²) < 4.78 is 23.7. The topological polar surface area (TPSA) is 103 Å². The van der Waals surface area contributed by atoms with E-state index in [1.54, 1.807) is 17.0 Å². The lowest BCUT2D eigenvalue weighted by Gasteiger charge is -2.51. The quantitative estimate of drug-likeness (QED) is 0.535. The van der Waals surface area contributed by atoms with Crippen LogP contribution in [0.4, 0.5) is 10.6 Å². The maximum atomic E-state index is 13.8. The normalized spacial score (nSPS) is 25.8. The molecule has 5 rings (SSSR count). The van der Waals surface area contributed by atoms with Crippen LogP contribution in [0.1, 0.15) is 50.5 Å². The molecule has 1 N–H and O–H groups in total. The second-order valence-electron chi connectivity index (χ2n) is 11.7. The fourth-order valence-electron chi connectivity index (χ4n) is 6.56. The maximum absolute atomic E-state index is 13.8. The number of anilines is 1. The SMILES string of the molecule is CN(C)C1(c2ccccc2)CCC2(CC1)CN(CC(=O)Nc1cccc(S(C)(=O)=O)n1)C(=O)N2CC1CCC1. The largest absolute Gasteiger partial charge is 0.321 e. The summed E-state index contributed by atoms with van der Waals surface area (Å²) in [7, 11) is 0.779. The van der Waals surface area contributed by atoms with E-state index in [2.05, 4.69) is 58.5 Å². The van der Waals surface area contributed by atoms with E-state index in [1.165, 1.54) is 18.1 Å². The van der Waals surface area contributed by atoms with E-state index in [1.807, 2.05) is 6.07 Å². The van der Waals surface area contributed by atoms with Crippen molar-refractivity contribution < 1.29 is 18.0 Å². The number of amides is 3. The molecular formula is C29H39N5O4S. The molecule has 2 heterocycles. The second kappa shape index (κ2) is 10.5. The van der Waals surface area contributed by atoms with E-state index >= 15 is 0 Å². The van der Waals surface area contributed by atoms with Crippen LogP contribution < -0.4 is 5.32 Å². The van der Waals surface area contributed by atoms with Crippen LogP contribution in [0.25, 0.3) is 0 Å². The molecule has 0 atom stereocenters. The number of sulfone groups is 1. The van der Waals surface area contributed by atoms with E-state index in [0.717, 1.165) is 51.3 Å². The van der Waals surface area contributed by atoms with Crippen molar-refractivity contribution in [3.8, 4) is 0 Å². The molecule has 1 aromatic heterocycles. The minimum atomic E-state index is -3.50. The number of rotatable bonds is 8. The van der Waals surface area contributed by atoms with Crippen molar-refractivity contribution in [1.82, 2.24) is 19.7 Å². The number of benzene rings is 1. The van der Waals surface area contributed by atoms with Gasteiger partial charge in [0.05, 0.1) is 5.54 Å². The Labute approximate surface area is 231 Å². The highest BCUT2D eigenvalue weighted by atomic mass is 32.2. The Morgan fingerprint density at radius 3 is 2.33 bits per heavy atom. The van der Waals surface area contributed by atoms with Crippen LogP contribution >= 0.6 is 0 Å². The third-order valence-electron chi connectivity index (χ3n) is 9.11. The number of aromatic nitrogens is 1. The van der Waals surface area contributed by atoms with Crippen molar-refractivity contribution in [2.24, 2.45) is 5.92 Å². The lowest BCUT2D eigenvalue weighted by molar-refractivity contribution is -0.116. The summed E-state index contributed by atoms with van der Waals surface area (Å²) in [5.41, 5.74) is 0.925. The number of hydrogen-bond acceptors (Lipinski definition) is 6. The molecule has 0 bridgehead atoms. The molecule has 0 radical (unpaired) electrons. The van der Waals surface area contributed by atoms with Gasteiger partial charge in [0.1, 0.15) is 12.4 Å². The number of urea groups is 1. The van der Waals surface area contributed by atoms with Crippen LogP contribution in [-0.2, 0) is 20.2 Å². The van der Waals surface area contributed by atoms with E-state index in [9.17, 15) is 18.0 Å². The Kier molecular flexibility index (Phi) is 7.45. The Morgan fingerprint density at radius 2 is 1.74 bits per heavy atom. The third-order valence-corrected chi connectivity index (χ3v) is 10.1. The summed E-state index contributed by atoms with van der Waals surface area (Å²) in [5.74, 6) is 0.300. The summed E-state index contributed by atoms with van der Waals surface area (Å²) in [4.78, 5) is 36.9. The number of nitrogens with zero attached hydrogens (tertiary/aromatic N) is 4. The number of carbonyl (C=O) groups excluding carboxylic acids is 2. The average Bonchev–Trinajstić information content (AvgIpc) is 3.11. The summed E-state index contributed by atoms with van der Waals surface area (Å²) in [6.07, 6.45) is 8.18. The average molecular weight is 554 g/mol. The molecule has 9 nitrogen and oxygen atoms in total. The Bertz CT molecular complexity index is 1320. The molecule has 1 spiro atoms. The van der Waals surface area contributed by atoms with Crippen molar-refractivity contribution in [2.45, 2.75) is 61.0 Å². The van der Waals surface area contributed by atoms with Crippen molar-refractivity contribution in [2.75, 3.05) is 45.3 Å². The monoisotopic (exact) mass is 553 g/mol. The van der Waals surface area contributed by atoms with E-state index in [4.69, 9.17) is 0 Å². The van der Waals surface area contributed by atoms with Crippen molar-refractivity contribution in [3.63, 3.8) is 0 Å². The van der Waals surface area contributed by atoms with Crippen LogP contribution in [-0.4, -0.2) is 85.6 Å². The standard InChI is InChI=1S/C29H39N5O4S/c1-32(2)29(23-11-5-4-6-12-23)17-15-28(16-18-29)21-33(27(36)34(28)19-22-9-7-10-22)20-25(35)30-24-13-8-14-26(31-24)39(3,37)38/h4-6,8,11-14,22H,7,9-10,15-21H2,1-3H3,(H,30,31,35). The molecule has 3 amide bonds. The van der Waals surface area contributed by atoms with E-state index in [-0.39, 0.29) is 40.4 Å². The molecule has 39 heavy (non-hydrogen) atoms. The van der Waals surface area contributed by atoms with Gasteiger partial charge in [-0.05, 0) is 76.2 Å². The highest BCUT2D eigenvalue weighted by Crippen LogP contribution is 2.49. The highest BCUT2D eigenvalue weighted by molar-refractivity contribution is 7.90. The lowest BCUT2D eigenvalue weighted by Crippen LogP contribution is -2.56. The van der Waals surface area contributed by atoms with E-state index in [0.29, 0.717) is 12.5 Å². The van der Waals surface area contributed by atoms with Gasteiger partial charge in [-0.2, -0.15) is 0 Å². The Hall–Kier alpha value is -2.98. The van der Waals surface area contributed by atoms with Crippen molar-refractivity contribution in [1.29, 1.82) is 0 Å². The zero-order valence-electron chi connectivity index (χ0n) is 23.1. The number of pyridine rings is 1. The van der Waals surface area contributed by atoms with Gasteiger partial charge < -0.3 is 15.1 Å². The summed E-state index contributed by atoms with van der Waals surface area (Å²) >= 11 is 0. The summed E-state index contributed by atoms with van der Waals surface area (Å²) in [6.45, 7) is 1.17. The predicted molar refractivity (Wildman–Crippen MR) is 150 cm³/mol. The molecule has 3 aliphatic rings. The fraction of sp³-hybridized carbons (Fsp3) is 0.552. The minimum absolute atomic E-state index is 0.0769. The first-order chi connectivity index (χ1) is 18.5. The van der Waals surface area contributed by atoms with Crippen LogP contribution in [0.5, 0.6) is 0 Å². The van der Waals surface area contributed by atoms with Gasteiger partial charge in [-0.15, -0.1) is 0 Å². The van der Waals surface area contributed by atoms with Gasteiger partial charge in [0.25, 0.3) is 0 Å². The minimum Gasteiger partial charge on any atom is -0.317 e. The van der Waals surface area contributed by atoms with Gasteiger partial charge in [0.15, 0.2) is 14.9 Å². The maximum Gasteiger partial charge on any atom is 0.321 e. The van der Waals surface area contributed by atoms with Gasteiger partial charge in [-0.25, -0.2) is 18.2 Å². The van der Waals surface area contributed by atoms with Gasteiger partial charge in [-0.1, -0.05) is 42.8 Å². The van der Waals surface area contributed by atoms with Gasteiger partial charge in [-0.3, -0.25) is 9.69 Å². The molecule has 3 fully saturated rings. The summed E-state index contributed by atoms with van der Waals surface area (Å²) in [6, 6.07) is 15.0. The first-order valence-electron chi connectivity index (χ1n) is 13.8. The first kappa shape index (κ1) is 27.6. The Morgan fingerprint density at radius 1 is 1.05 bits per heavy atom. The zero-order chi connectivity index (χ0) is 27.8. The summed E-state index contributed by atoms with van der Waals surface area (Å²) in [5, 5.41) is 2.58. The van der Waals surface area contributed by atoms with Crippen LogP contribution in [0, 0.1) is 5.92 Å². The van der Waals surface area contributed by atoms with Crippen molar-refractivity contribution >= 4 is 27.6 Å². The molecule has 10 heteroatoms. The second-order valence-corrected chi connectivity index (χ2v) is 13.7. The van der Waals surface area contributed by atoms with Gasteiger partial charge in [0.2, 0.25) is 5.91 Å². The van der Waals surface area contributed by atoms with Crippen LogP contribution in [0.15, 0.2) is 53.6 Å². The van der Waals surface area contributed by atoms with Crippen LogP contribution in [0.2, 0.25) is 0 Å².